The molecule has 402 valence electrons. The van der Waals surface area contributed by atoms with Crippen molar-refractivity contribution in [3.8, 4) is 0 Å². The van der Waals surface area contributed by atoms with Crippen molar-refractivity contribution in [3.63, 3.8) is 0 Å². The Balaban J connectivity index is 3.66. The lowest BCUT2D eigenvalue weighted by Crippen LogP contribution is -2.53. The van der Waals surface area contributed by atoms with Gasteiger partial charge in [0.25, 0.3) is 0 Å². The van der Waals surface area contributed by atoms with E-state index in [0.717, 1.165) is 51.4 Å². The topological polar surface area (TPSA) is 110 Å². The summed E-state index contributed by atoms with van der Waals surface area (Å²) >= 11 is 0. The van der Waals surface area contributed by atoms with E-state index in [1.165, 1.54) is 238 Å². The molecule has 0 saturated heterocycles. The molecule has 0 aliphatic rings. The zero-order valence-electron chi connectivity index (χ0n) is 45.6. The fourth-order valence-electron chi connectivity index (χ4n) is 9.56. The molecular formula is C62H119NO5. The lowest BCUT2D eigenvalue weighted by Gasteiger charge is -2.27. The molecule has 0 fully saturated rings. The van der Waals surface area contributed by atoms with Gasteiger partial charge in [0.05, 0.1) is 18.8 Å². The number of hydrogen-bond acceptors (Lipinski definition) is 5. The maximum absolute atomic E-state index is 12.6. The van der Waals surface area contributed by atoms with Gasteiger partial charge >= 0.3 is 0 Å². The first-order valence-corrected chi connectivity index (χ1v) is 30.4. The highest BCUT2D eigenvalue weighted by Gasteiger charge is 2.28. The minimum atomic E-state index is -1.29. The molecule has 68 heavy (non-hydrogen) atoms. The summed E-state index contributed by atoms with van der Waals surface area (Å²) in [6.07, 6.45) is 70.9. The first-order valence-electron chi connectivity index (χ1n) is 30.4. The Morgan fingerprint density at radius 1 is 0.353 bits per heavy atom. The van der Waals surface area contributed by atoms with Crippen molar-refractivity contribution in [1.29, 1.82) is 0 Å². The number of unbranched alkanes of at least 4 members (excludes halogenated alkanes) is 41. The number of rotatable bonds is 56. The molecule has 0 spiro atoms. The minimum absolute atomic E-state index is 0.362. The van der Waals surface area contributed by atoms with Gasteiger partial charge in [-0.05, 0) is 64.2 Å². The van der Waals surface area contributed by atoms with E-state index in [1.807, 2.05) is 0 Å². The summed E-state index contributed by atoms with van der Waals surface area (Å²) in [4.78, 5) is 12.6. The average molecular weight is 959 g/mol. The van der Waals surface area contributed by atoms with Crippen LogP contribution in [0.4, 0.5) is 0 Å². The smallest absolute Gasteiger partial charge is 0.249 e. The summed E-state index contributed by atoms with van der Waals surface area (Å²) in [5.41, 5.74) is 0. The molecule has 0 aliphatic heterocycles. The second-order valence-electron chi connectivity index (χ2n) is 21.0. The molecule has 0 bridgehead atoms. The number of allylic oxidation sites excluding steroid dienone is 6. The Morgan fingerprint density at radius 2 is 0.618 bits per heavy atom. The lowest BCUT2D eigenvalue weighted by atomic mass is 10.00. The second-order valence-corrected chi connectivity index (χ2v) is 21.0. The zero-order chi connectivity index (χ0) is 49.5. The molecule has 6 nitrogen and oxygen atoms in total. The molecule has 0 aromatic heterocycles. The van der Waals surface area contributed by atoms with Crippen LogP contribution < -0.4 is 5.32 Å². The molecule has 4 unspecified atom stereocenters. The number of hydrogen-bond donors (Lipinski definition) is 5. The van der Waals surface area contributed by atoms with Crippen LogP contribution in [0.2, 0.25) is 0 Å². The summed E-state index contributed by atoms with van der Waals surface area (Å²) in [5, 5.41) is 44.0. The van der Waals surface area contributed by atoms with Crippen molar-refractivity contribution in [2.24, 2.45) is 0 Å². The van der Waals surface area contributed by atoms with E-state index < -0.39 is 36.9 Å². The number of nitrogens with one attached hydrogen (secondary N) is 1. The fourth-order valence-corrected chi connectivity index (χ4v) is 9.56. The van der Waals surface area contributed by atoms with Gasteiger partial charge in [0.15, 0.2) is 0 Å². The predicted molar refractivity (Wildman–Crippen MR) is 297 cm³/mol. The highest BCUT2D eigenvalue weighted by Crippen LogP contribution is 2.18. The third-order valence-corrected chi connectivity index (χ3v) is 14.3. The van der Waals surface area contributed by atoms with Crippen LogP contribution in [-0.4, -0.2) is 57.3 Å². The second kappa shape index (κ2) is 56.4. The summed E-state index contributed by atoms with van der Waals surface area (Å²) in [6.45, 7) is 4.08. The molecule has 0 rings (SSSR count). The fraction of sp³-hybridized carbons (Fsp3) is 0.887. The summed E-state index contributed by atoms with van der Waals surface area (Å²) in [6, 6.07) is -1.01. The van der Waals surface area contributed by atoms with Crippen LogP contribution in [0.15, 0.2) is 36.5 Å². The van der Waals surface area contributed by atoms with E-state index in [-0.39, 0.29) is 0 Å². The number of aliphatic hydroxyl groups is 4. The third kappa shape index (κ3) is 49.5. The Kier molecular flexibility index (Phi) is 55.2. The molecule has 0 saturated carbocycles. The van der Waals surface area contributed by atoms with Gasteiger partial charge in [0.1, 0.15) is 12.2 Å². The highest BCUT2D eigenvalue weighted by molar-refractivity contribution is 5.80. The SMILES string of the molecule is CCCCCCCCCCCCCCCCCCCCC/C=C/CC/C=C/CC/C=C/CCCC(O)C(O)C(CO)NC(=O)C(O)CCCCCCCCCCCCCCCCCCCCCC. The van der Waals surface area contributed by atoms with Crippen LogP contribution >= 0.6 is 0 Å². The van der Waals surface area contributed by atoms with E-state index in [1.54, 1.807) is 0 Å². The van der Waals surface area contributed by atoms with Crippen LogP contribution in [0.25, 0.3) is 0 Å². The quantitative estimate of drug-likeness (QED) is 0.0308. The molecular weight excluding hydrogens is 839 g/mol. The van der Waals surface area contributed by atoms with Crippen molar-refractivity contribution in [2.45, 2.75) is 346 Å². The van der Waals surface area contributed by atoms with Gasteiger partial charge < -0.3 is 25.7 Å². The molecule has 4 atom stereocenters. The van der Waals surface area contributed by atoms with Gasteiger partial charge in [-0.25, -0.2) is 0 Å². The van der Waals surface area contributed by atoms with Crippen molar-refractivity contribution in [2.75, 3.05) is 6.61 Å². The van der Waals surface area contributed by atoms with E-state index in [0.29, 0.717) is 19.3 Å². The Morgan fingerprint density at radius 3 is 0.926 bits per heavy atom. The number of carbonyl (C=O) groups excluding carboxylic acids is 1. The summed E-state index contributed by atoms with van der Waals surface area (Å²) < 4.78 is 0. The Hall–Kier alpha value is -1.47. The van der Waals surface area contributed by atoms with Crippen LogP contribution in [0, 0.1) is 0 Å². The number of aliphatic hydroxyl groups excluding tert-OH is 4. The minimum Gasteiger partial charge on any atom is -0.394 e. The third-order valence-electron chi connectivity index (χ3n) is 14.3. The van der Waals surface area contributed by atoms with Crippen molar-refractivity contribution >= 4 is 5.91 Å². The van der Waals surface area contributed by atoms with E-state index in [4.69, 9.17) is 0 Å². The zero-order valence-corrected chi connectivity index (χ0v) is 45.6. The summed E-state index contributed by atoms with van der Waals surface area (Å²) in [5.74, 6) is -0.595. The first-order chi connectivity index (χ1) is 33.5. The first kappa shape index (κ1) is 66.5. The molecule has 5 N–H and O–H groups in total. The van der Waals surface area contributed by atoms with Gasteiger partial charge in [0, 0.05) is 0 Å². The van der Waals surface area contributed by atoms with Crippen molar-refractivity contribution in [1.82, 2.24) is 5.32 Å². The van der Waals surface area contributed by atoms with Crippen molar-refractivity contribution < 1.29 is 25.2 Å². The number of carbonyl (C=O) groups is 1. The predicted octanol–water partition coefficient (Wildman–Crippen LogP) is 18.0. The summed E-state index contributed by atoms with van der Waals surface area (Å²) in [7, 11) is 0. The number of amides is 1. The van der Waals surface area contributed by atoms with E-state index >= 15 is 0 Å². The van der Waals surface area contributed by atoms with Crippen LogP contribution in [0.5, 0.6) is 0 Å². The van der Waals surface area contributed by atoms with E-state index in [9.17, 15) is 25.2 Å². The molecule has 0 aromatic rings. The average Bonchev–Trinajstić information content (AvgIpc) is 3.34. The monoisotopic (exact) mass is 958 g/mol. The highest BCUT2D eigenvalue weighted by atomic mass is 16.3. The van der Waals surface area contributed by atoms with Gasteiger partial charge in [-0.1, -0.05) is 294 Å². The largest absolute Gasteiger partial charge is 0.394 e. The maximum atomic E-state index is 12.6. The molecule has 0 radical (unpaired) electrons. The van der Waals surface area contributed by atoms with Crippen LogP contribution in [0.1, 0.15) is 322 Å². The maximum Gasteiger partial charge on any atom is 0.249 e. The molecule has 0 aliphatic carbocycles. The Bertz CT molecular complexity index is 1080. The van der Waals surface area contributed by atoms with E-state index in [2.05, 4.69) is 55.6 Å². The Labute approximate surface area is 424 Å². The van der Waals surface area contributed by atoms with Gasteiger partial charge in [-0.2, -0.15) is 0 Å². The molecule has 0 heterocycles. The molecule has 1 amide bonds. The van der Waals surface area contributed by atoms with Crippen LogP contribution in [0.3, 0.4) is 0 Å². The molecule has 0 aromatic carbocycles. The normalized spacial score (nSPS) is 13.9. The van der Waals surface area contributed by atoms with Crippen LogP contribution in [-0.2, 0) is 4.79 Å². The van der Waals surface area contributed by atoms with Gasteiger partial charge in [-0.15, -0.1) is 0 Å². The molecule has 6 heteroatoms. The standard InChI is InChI=1S/C62H119NO5/c1-3-5-7-9-11-13-15-17-19-21-23-25-26-27-28-29-30-31-32-33-34-35-36-38-39-41-43-45-47-49-51-53-55-59(65)61(67)58(57-64)63-62(68)60(66)56-54-52-50-48-46-44-42-40-37-24-22-20-18-16-14-12-10-8-6-4-2/h34-35,39,41,47,49,58-61,64-67H,3-33,36-38,40,42-46,48,50-57H2,1-2H3,(H,63,68)/b35-34+,41-39+,49-47+. The van der Waals surface area contributed by atoms with Gasteiger partial charge in [-0.3, -0.25) is 4.79 Å². The lowest BCUT2D eigenvalue weighted by molar-refractivity contribution is -0.132. The van der Waals surface area contributed by atoms with Crippen molar-refractivity contribution in [3.05, 3.63) is 36.5 Å². The van der Waals surface area contributed by atoms with Gasteiger partial charge in [0.2, 0.25) is 5.91 Å².